The first-order valence-electron chi connectivity index (χ1n) is 9.78. The zero-order valence-corrected chi connectivity index (χ0v) is 17.6. The van der Waals surface area contributed by atoms with Crippen LogP contribution in [0.5, 0.6) is 0 Å². The Balaban J connectivity index is 1.61. The summed E-state index contributed by atoms with van der Waals surface area (Å²) in [5, 5.41) is 11.8. The number of rotatable bonds is 8. The summed E-state index contributed by atoms with van der Waals surface area (Å²) in [6.07, 6.45) is 2.17. The first-order valence-corrected chi connectivity index (χ1v) is 10.8. The Morgan fingerprint density at radius 1 is 1.13 bits per heavy atom. The zero-order chi connectivity index (χ0) is 21.6. The van der Waals surface area contributed by atoms with Gasteiger partial charge in [-0.25, -0.2) is 9.37 Å². The zero-order valence-electron chi connectivity index (χ0n) is 16.8. The summed E-state index contributed by atoms with van der Waals surface area (Å²) in [5.74, 6) is 0.550. The van der Waals surface area contributed by atoms with Gasteiger partial charge < -0.3 is 9.73 Å². The summed E-state index contributed by atoms with van der Waals surface area (Å²) in [6.45, 7) is 2.55. The highest BCUT2D eigenvalue weighted by Gasteiger charge is 2.19. The van der Waals surface area contributed by atoms with Crippen LogP contribution in [-0.4, -0.2) is 32.2 Å². The van der Waals surface area contributed by atoms with Crippen LogP contribution >= 0.6 is 11.8 Å². The van der Waals surface area contributed by atoms with Crippen LogP contribution in [0.25, 0.3) is 17.1 Å². The molecule has 0 aliphatic carbocycles. The summed E-state index contributed by atoms with van der Waals surface area (Å²) < 4.78 is 21.7. The van der Waals surface area contributed by atoms with E-state index in [9.17, 15) is 9.18 Å². The van der Waals surface area contributed by atoms with Gasteiger partial charge in [0.05, 0.1) is 11.4 Å². The lowest BCUT2D eigenvalue weighted by Gasteiger charge is -2.10. The number of hydrogen-bond donors (Lipinski definition) is 1. The van der Waals surface area contributed by atoms with Crippen molar-refractivity contribution >= 4 is 17.7 Å². The quantitative estimate of drug-likeness (QED) is 0.409. The third-order valence-corrected chi connectivity index (χ3v) is 5.32. The number of thioether (sulfide) groups is 1. The van der Waals surface area contributed by atoms with Crippen LogP contribution in [-0.2, 0) is 5.75 Å². The summed E-state index contributed by atoms with van der Waals surface area (Å²) in [5.41, 5.74) is 1.39. The summed E-state index contributed by atoms with van der Waals surface area (Å²) in [4.78, 5) is 16.3. The topological polar surface area (TPSA) is 85.8 Å². The first-order chi connectivity index (χ1) is 15.2. The van der Waals surface area contributed by atoms with Gasteiger partial charge in [0.1, 0.15) is 12.1 Å². The second kappa shape index (κ2) is 9.57. The number of carbonyl (C=O) groups excluding carboxylic acids is 1. The van der Waals surface area contributed by atoms with Gasteiger partial charge in [-0.2, -0.15) is 0 Å². The van der Waals surface area contributed by atoms with E-state index < -0.39 is 0 Å². The van der Waals surface area contributed by atoms with Gasteiger partial charge in [-0.05, 0) is 18.6 Å². The number of amides is 1. The van der Waals surface area contributed by atoms with E-state index >= 15 is 0 Å². The predicted octanol–water partition coefficient (Wildman–Crippen LogP) is 4.49. The van der Waals surface area contributed by atoms with Crippen LogP contribution in [0.2, 0.25) is 0 Å². The van der Waals surface area contributed by atoms with Gasteiger partial charge in [-0.1, -0.05) is 61.2 Å². The molecule has 0 atom stereocenters. The van der Waals surface area contributed by atoms with Crippen LogP contribution in [0.15, 0.2) is 70.4 Å². The largest absolute Gasteiger partial charge is 0.447 e. The van der Waals surface area contributed by atoms with E-state index in [-0.39, 0.29) is 17.4 Å². The standard InChI is InChI=1S/C22H20FN5O2S/c1-2-12-24-21(29)17-13-30-19(25-17)14-31-22-27-26-20(15-8-4-3-5-9-15)28(22)18-11-7-6-10-16(18)23/h3-11,13H,2,12,14H2,1H3,(H,24,29). The van der Waals surface area contributed by atoms with Gasteiger partial charge in [-0.15, -0.1) is 10.2 Å². The lowest BCUT2D eigenvalue weighted by molar-refractivity contribution is 0.0948. The first kappa shape index (κ1) is 20.8. The van der Waals surface area contributed by atoms with Crippen LogP contribution in [0.1, 0.15) is 29.7 Å². The molecule has 0 saturated carbocycles. The second-order valence-electron chi connectivity index (χ2n) is 6.63. The fourth-order valence-electron chi connectivity index (χ4n) is 2.92. The average Bonchev–Trinajstić information content (AvgIpc) is 3.44. The highest BCUT2D eigenvalue weighted by Crippen LogP contribution is 2.30. The number of nitrogens with zero attached hydrogens (tertiary/aromatic N) is 4. The van der Waals surface area contributed by atoms with E-state index in [1.165, 1.54) is 24.1 Å². The number of nitrogens with one attached hydrogen (secondary N) is 1. The minimum atomic E-state index is -0.382. The monoisotopic (exact) mass is 437 g/mol. The Labute approximate surface area is 182 Å². The third-order valence-electron chi connectivity index (χ3n) is 4.40. The molecule has 0 aliphatic rings. The number of hydrogen-bond acceptors (Lipinski definition) is 6. The second-order valence-corrected chi connectivity index (χ2v) is 7.57. The van der Waals surface area contributed by atoms with Gasteiger partial charge >= 0.3 is 0 Å². The number of aromatic nitrogens is 4. The van der Waals surface area contributed by atoms with Gasteiger partial charge in [0.15, 0.2) is 16.7 Å². The molecule has 0 spiro atoms. The number of carbonyl (C=O) groups is 1. The van der Waals surface area contributed by atoms with E-state index in [2.05, 4.69) is 20.5 Å². The normalized spacial score (nSPS) is 10.9. The van der Waals surface area contributed by atoms with Crippen LogP contribution in [0, 0.1) is 5.82 Å². The molecule has 0 radical (unpaired) electrons. The molecule has 0 aliphatic heterocycles. The maximum atomic E-state index is 14.6. The molecule has 2 aromatic carbocycles. The summed E-state index contributed by atoms with van der Waals surface area (Å²) >= 11 is 1.30. The van der Waals surface area contributed by atoms with E-state index in [0.717, 1.165) is 12.0 Å². The van der Waals surface area contributed by atoms with Crippen molar-refractivity contribution in [3.63, 3.8) is 0 Å². The fraction of sp³-hybridized carbons (Fsp3) is 0.182. The molecule has 1 amide bonds. The van der Waals surface area contributed by atoms with Gasteiger partial charge in [0.2, 0.25) is 5.89 Å². The molecule has 0 fully saturated rings. The Kier molecular flexibility index (Phi) is 6.42. The lowest BCUT2D eigenvalue weighted by atomic mass is 10.2. The molecule has 4 aromatic rings. The Morgan fingerprint density at radius 3 is 2.68 bits per heavy atom. The van der Waals surface area contributed by atoms with Crippen molar-refractivity contribution < 1.29 is 13.6 Å². The van der Waals surface area contributed by atoms with Crippen molar-refractivity contribution in [2.45, 2.75) is 24.3 Å². The van der Waals surface area contributed by atoms with E-state index in [0.29, 0.717) is 34.9 Å². The van der Waals surface area contributed by atoms with Crippen molar-refractivity contribution in [2.75, 3.05) is 6.54 Å². The molecule has 2 aromatic heterocycles. The minimum absolute atomic E-state index is 0.226. The smallest absolute Gasteiger partial charge is 0.273 e. The third kappa shape index (κ3) is 4.66. The number of para-hydroxylation sites is 1. The minimum Gasteiger partial charge on any atom is -0.447 e. The molecule has 158 valence electrons. The van der Waals surface area contributed by atoms with Crippen molar-refractivity contribution in [1.82, 2.24) is 25.1 Å². The van der Waals surface area contributed by atoms with Crippen molar-refractivity contribution in [1.29, 1.82) is 0 Å². The van der Waals surface area contributed by atoms with Crippen LogP contribution in [0.3, 0.4) is 0 Å². The highest BCUT2D eigenvalue weighted by molar-refractivity contribution is 7.98. The predicted molar refractivity (Wildman–Crippen MR) is 115 cm³/mol. The van der Waals surface area contributed by atoms with Gasteiger partial charge in [0, 0.05) is 12.1 Å². The Morgan fingerprint density at radius 2 is 1.90 bits per heavy atom. The molecule has 0 saturated heterocycles. The number of halogens is 1. The van der Waals surface area contributed by atoms with Crippen molar-refractivity contribution in [3.05, 3.63) is 78.3 Å². The molecule has 1 N–H and O–H groups in total. The average molecular weight is 438 g/mol. The molecule has 2 heterocycles. The number of benzene rings is 2. The van der Waals surface area contributed by atoms with E-state index in [1.807, 2.05) is 37.3 Å². The Bertz CT molecular complexity index is 1180. The van der Waals surface area contributed by atoms with E-state index in [4.69, 9.17) is 4.42 Å². The SMILES string of the molecule is CCCNC(=O)c1coc(CSc2nnc(-c3ccccc3)n2-c2ccccc2F)n1. The molecular formula is C22H20FN5O2S. The molecule has 4 rings (SSSR count). The fourth-order valence-corrected chi connectivity index (χ4v) is 3.72. The summed E-state index contributed by atoms with van der Waals surface area (Å²) in [6, 6.07) is 15.9. The summed E-state index contributed by atoms with van der Waals surface area (Å²) in [7, 11) is 0. The van der Waals surface area contributed by atoms with Gasteiger partial charge in [-0.3, -0.25) is 9.36 Å². The molecule has 9 heteroatoms. The molecular weight excluding hydrogens is 417 g/mol. The van der Waals surface area contributed by atoms with Gasteiger partial charge in [0.25, 0.3) is 5.91 Å². The van der Waals surface area contributed by atoms with Crippen LogP contribution in [0.4, 0.5) is 4.39 Å². The maximum absolute atomic E-state index is 14.6. The van der Waals surface area contributed by atoms with Crippen molar-refractivity contribution in [2.24, 2.45) is 0 Å². The number of oxazole rings is 1. The maximum Gasteiger partial charge on any atom is 0.273 e. The molecule has 31 heavy (non-hydrogen) atoms. The molecule has 0 bridgehead atoms. The molecule has 0 unspecified atom stereocenters. The highest BCUT2D eigenvalue weighted by atomic mass is 32.2. The Hall–Kier alpha value is -3.46. The lowest BCUT2D eigenvalue weighted by Crippen LogP contribution is -2.24. The van der Waals surface area contributed by atoms with Crippen molar-refractivity contribution in [3.8, 4) is 17.1 Å². The van der Waals surface area contributed by atoms with Crippen LogP contribution < -0.4 is 5.32 Å². The molecule has 7 nitrogen and oxygen atoms in total. The van der Waals surface area contributed by atoms with E-state index in [1.54, 1.807) is 22.8 Å².